The second kappa shape index (κ2) is 4.79. The Morgan fingerprint density at radius 3 is 3.13 bits per heavy atom. The van der Waals surface area contributed by atoms with E-state index in [2.05, 4.69) is 34.9 Å². The Hall–Kier alpha value is -0.830. The summed E-state index contributed by atoms with van der Waals surface area (Å²) in [6.07, 6.45) is 9.03. The van der Waals surface area contributed by atoms with Crippen LogP contribution in [0.3, 0.4) is 0 Å². The van der Waals surface area contributed by atoms with Crippen LogP contribution in [0.4, 0.5) is 0 Å². The Labute approximate surface area is 91.9 Å². The van der Waals surface area contributed by atoms with Crippen LogP contribution in [-0.2, 0) is 6.54 Å². The zero-order valence-corrected chi connectivity index (χ0v) is 9.74. The highest BCUT2D eigenvalue weighted by molar-refractivity contribution is 5.01. The van der Waals surface area contributed by atoms with E-state index in [1.165, 1.54) is 31.5 Å². The molecule has 3 heteroatoms. The number of piperidine rings is 1. The number of aromatic nitrogens is 2. The van der Waals surface area contributed by atoms with Gasteiger partial charge in [-0.1, -0.05) is 6.92 Å². The Morgan fingerprint density at radius 2 is 2.40 bits per heavy atom. The zero-order chi connectivity index (χ0) is 10.7. The number of hydrogen-bond acceptors (Lipinski definition) is 2. The molecule has 1 aromatic heterocycles. The first-order valence-electron chi connectivity index (χ1n) is 6.08. The Bertz CT molecular complexity index is 306. The number of nitrogens with one attached hydrogen (secondary N) is 1. The molecule has 1 aliphatic heterocycles. The maximum absolute atomic E-state index is 4.49. The molecule has 0 amide bonds. The van der Waals surface area contributed by atoms with E-state index in [4.69, 9.17) is 0 Å². The molecule has 0 radical (unpaired) electrons. The minimum atomic E-state index is 0.468. The maximum Gasteiger partial charge on any atom is 0.125 e. The molecule has 1 saturated heterocycles. The third kappa shape index (κ3) is 2.40. The lowest BCUT2D eigenvalue weighted by atomic mass is 9.99. The van der Waals surface area contributed by atoms with Crippen LogP contribution in [0.5, 0.6) is 0 Å². The van der Waals surface area contributed by atoms with Crippen molar-refractivity contribution < 1.29 is 0 Å². The summed E-state index contributed by atoms with van der Waals surface area (Å²) >= 11 is 0. The monoisotopic (exact) mass is 207 g/mol. The SMILES string of the molecule is CCCn1ccnc1C1CCCC(C)N1. The van der Waals surface area contributed by atoms with Gasteiger partial charge in [-0.25, -0.2) is 4.98 Å². The predicted octanol–water partition coefficient (Wildman–Crippen LogP) is 2.50. The van der Waals surface area contributed by atoms with E-state index in [1.807, 2.05) is 6.20 Å². The van der Waals surface area contributed by atoms with Crippen LogP contribution in [0.2, 0.25) is 0 Å². The fourth-order valence-electron chi connectivity index (χ4n) is 2.40. The maximum atomic E-state index is 4.49. The average Bonchev–Trinajstić information content (AvgIpc) is 2.66. The molecule has 0 bridgehead atoms. The average molecular weight is 207 g/mol. The highest BCUT2D eigenvalue weighted by Gasteiger charge is 2.22. The first-order chi connectivity index (χ1) is 7.31. The van der Waals surface area contributed by atoms with Crippen LogP contribution in [0.15, 0.2) is 12.4 Å². The van der Waals surface area contributed by atoms with Gasteiger partial charge in [0, 0.05) is 25.0 Å². The molecule has 2 unspecified atom stereocenters. The Balaban J connectivity index is 2.10. The van der Waals surface area contributed by atoms with E-state index in [0.29, 0.717) is 12.1 Å². The molecule has 15 heavy (non-hydrogen) atoms. The molecule has 2 heterocycles. The number of imidazole rings is 1. The van der Waals surface area contributed by atoms with Gasteiger partial charge in [-0.15, -0.1) is 0 Å². The van der Waals surface area contributed by atoms with Crippen molar-refractivity contribution in [3.05, 3.63) is 18.2 Å². The van der Waals surface area contributed by atoms with E-state index in [-0.39, 0.29) is 0 Å². The third-order valence-electron chi connectivity index (χ3n) is 3.14. The van der Waals surface area contributed by atoms with Gasteiger partial charge in [0.15, 0.2) is 0 Å². The van der Waals surface area contributed by atoms with Gasteiger partial charge in [0.25, 0.3) is 0 Å². The largest absolute Gasteiger partial charge is 0.334 e. The van der Waals surface area contributed by atoms with Gasteiger partial charge in [0.1, 0.15) is 5.82 Å². The summed E-state index contributed by atoms with van der Waals surface area (Å²) in [7, 11) is 0. The van der Waals surface area contributed by atoms with E-state index >= 15 is 0 Å². The molecule has 84 valence electrons. The molecule has 0 aromatic carbocycles. The van der Waals surface area contributed by atoms with Gasteiger partial charge in [-0.2, -0.15) is 0 Å². The molecule has 0 saturated carbocycles. The van der Waals surface area contributed by atoms with Crippen molar-refractivity contribution in [2.45, 2.75) is 58.2 Å². The quantitative estimate of drug-likeness (QED) is 0.825. The summed E-state index contributed by atoms with van der Waals surface area (Å²) in [6, 6.07) is 1.10. The van der Waals surface area contributed by atoms with Crippen molar-refractivity contribution in [2.75, 3.05) is 0 Å². The zero-order valence-electron chi connectivity index (χ0n) is 9.74. The van der Waals surface area contributed by atoms with Crippen LogP contribution >= 0.6 is 0 Å². The summed E-state index contributed by atoms with van der Waals surface area (Å²) < 4.78 is 2.29. The van der Waals surface area contributed by atoms with E-state index in [9.17, 15) is 0 Å². The summed E-state index contributed by atoms with van der Waals surface area (Å²) in [4.78, 5) is 4.49. The van der Waals surface area contributed by atoms with Gasteiger partial charge in [-0.05, 0) is 32.6 Å². The summed E-state index contributed by atoms with van der Waals surface area (Å²) in [5.74, 6) is 1.23. The topological polar surface area (TPSA) is 29.9 Å². The molecular weight excluding hydrogens is 186 g/mol. The van der Waals surface area contributed by atoms with Gasteiger partial charge in [-0.3, -0.25) is 0 Å². The van der Waals surface area contributed by atoms with Crippen molar-refractivity contribution in [3.8, 4) is 0 Å². The summed E-state index contributed by atoms with van der Waals surface area (Å²) in [5.41, 5.74) is 0. The molecule has 3 nitrogen and oxygen atoms in total. The van der Waals surface area contributed by atoms with Gasteiger partial charge >= 0.3 is 0 Å². The molecule has 1 aromatic rings. The molecule has 1 aliphatic rings. The van der Waals surface area contributed by atoms with E-state index in [1.54, 1.807) is 0 Å². The van der Waals surface area contributed by atoms with Gasteiger partial charge < -0.3 is 9.88 Å². The molecule has 1 N–H and O–H groups in total. The fourth-order valence-corrected chi connectivity index (χ4v) is 2.40. The van der Waals surface area contributed by atoms with Crippen LogP contribution in [0.25, 0.3) is 0 Å². The first-order valence-corrected chi connectivity index (χ1v) is 6.08. The molecule has 2 atom stereocenters. The smallest absolute Gasteiger partial charge is 0.125 e. The van der Waals surface area contributed by atoms with Crippen molar-refractivity contribution in [3.63, 3.8) is 0 Å². The molecule has 1 fully saturated rings. The van der Waals surface area contributed by atoms with Crippen molar-refractivity contribution in [2.24, 2.45) is 0 Å². The lowest BCUT2D eigenvalue weighted by molar-refractivity contribution is 0.323. The van der Waals surface area contributed by atoms with Gasteiger partial charge in [0.05, 0.1) is 6.04 Å². The fraction of sp³-hybridized carbons (Fsp3) is 0.750. The second-order valence-corrected chi connectivity index (χ2v) is 4.53. The Morgan fingerprint density at radius 1 is 1.53 bits per heavy atom. The number of rotatable bonds is 3. The first kappa shape index (κ1) is 10.7. The van der Waals surface area contributed by atoms with Gasteiger partial charge in [0.2, 0.25) is 0 Å². The molecule has 2 rings (SSSR count). The highest BCUT2D eigenvalue weighted by atomic mass is 15.1. The Kier molecular flexibility index (Phi) is 3.41. The third-order valence-corrected chi connectivity index (χ3v) is 3.14. The minimum Gasteiger partial charge on any atom is -0.334 e. The van der Waals surface area contributed by atoms with E-state index < -0.39 is 0 Å². The lowest BCUT2D eigenvalue weighted by Gasteiger charge is -2.28. The predicted molar refractivity (Wildman–Crippen MR) is 61.7 cm³/mol. The van der Waals surface area contributed by atoms with Crippen LogP contribution in [0, 0.1) is 0 Å². The molecule has 0 aliphatic carbocycles. The van der Waals surface area contributed by atoms with Crippen molar-refractivity contribution in [1.82, 2.24) is 14.9 Å². The number of hydrogen-bond donors (Lipinski definition) is 1. The summed E-state index contributed by atoms with van der Waals surface area (Å²) in [6.45, 7) is 5.56. The van der Waals surface area contributed by atoms with Crippen LogP contribution in [-0.4, -0.2) is 15.6 Å². The normalized spacial score (nSPS) is 26.8. The molecule has 0 spiro atoms. The molecular formula is C12H21N3. The highest BCUT2D eigenvalue weighted by Crippen LogP contribution is 2.24. The van der Waals surface area contributed by atoms with Crippen LogP contribution < -0.4 is 5.32 Å². The standard InChI is InChI=1S/C12H21N3/c1-3-8-15-9-7-13-12(15)11-6-4-5-10(2)14-11/h7,9-11,14H,3-6,8H2,1-2H3. The lowest BCUT2D eigenvalue weighted by Crippen LogP contribution is -2.36. The van der Waals surface area contributed by atoms with Crippen LogP contribution in [0.1, 0.15) is 51.4 Å². The van der Waals surface area contributed by atoms with Crippen molar-refractivity contribution >= 4 is 0 Å². The number of aryl methyl sites for hydroxylation is 1. The minimum absolute atomic E-state index is 0.468. The summed E-state index contributed by atoms with van der Waals surface area (Å²) in [5, 5.41) is 3.63. The number of nitrogens with zero attached hydrogens (tertiary/aromatic N) is 2. The van der Waals surface area contributed by atoms with Crippen molar-refractivity contribution in [1.29, 1.82) is 0 Å². The van der Waals surface area contributed by atoms with E-state index in [0.717, 1.165) is 6.54 Å². The second-order valence-electron chi connectivity index (χ2n) is 4.53.